The third kappa shape index (κ3) is 1.22. The van der Waals surface area contributed by atoms with E-state index in [2.05, 4.69) is 0 Å². The Labute approximate surface area is 84.8 Å². The van der Waals surface area contributed by atoms with Crippen molar-refractivity contribution < 1.29 is 14.3 Å². The molecule has 2 rings (SSSR count). The van der Waals surface area contributed by atoms with E-state index in [1.165, 1.54) is 0 Å². The zero-order valence-electron chi connectivity index (χ0n) is 8.91. The van der Waals surface area contributed by atoms with Crippen molar-refractivity contribution in [1.82, 2.24) is 0 Å². The van der Waals surface area contributed by atoms with Gasteiger partial charge in [-0.15, -0.1) is 0 Å². The summed E-state index contributed by atoms with van der Waals surface area (Å²) in [4.78, 5) is 11.8. The first-order valence-electron chi connectivity index (χ1n) is 5.37. The van der Waals surface area contributed by atoms with Gasteiger partial charge in [0.05, 0.1) is 5.92 Å². The Morgan fingerprint density at radius 2 is 1.93 bits per heavy atom. The number of carbonyl (C=O) groups excluding carboxylic acids is 1. The lowest BCUT2D eigenvalue weighted by Gasteiger charge is -2.49. The Morgan fingerprint density at radius 1 is 1.21 bits per heavy atom. The molecule has 0 amide bonds. The lowest BCUT2D eigenvalue weighted by atomic mass is 9.66. The highest BCUT2D eigenvalue weighted by Gasteiger charge is 2.54. The SMILES string of the molecule is COC1(OC)C2CCCC1C(=O)CC2. The van der Waals surface area contributed by atoms with E-state index in [0.717, 1.165) is 25.7 Å². The van der Waals surface area contributed by atoms with Gasteiger partial charge >= 0.3 is 0 Å². The summed E-state index contributed by atoms with van der Waals surface area (Å²) in [5.74, 6) is 0.108. The molecule has 0 aliphatic heterocycles. The number of Topliss-reactive ketones (excluding diaryl/α,β-unsaturated/α-hetero) is 1. The fraction of sp³-hybridized carbons (Fsp3) is 0.909. The molecule has 0 aromatic heterocycles. The number of rotatable bonds is 2. The zero-order valence-corrected chi connectivity index (χ0v) is 8.91. The standard InChI is InChI=1S/C11H18O3/c1-13-11(14-2)8-4-3-5-9(11)10(12)7-6-8/h8-9H,3-7H2,1-2H3. The number of carbonyl (C=O) groups is 1. The number of ketones is 1. The van der Waals surface area contributed by atoms with Gasteiger partial charge in [-0.25, -0.2) is 0 Å². The second-order valence-electron chi connectivity index (χ2n) is 4.32. The summed E-state index contributed by atoms with van der Waals surface area (Å²) < 4.78 is 11.0. The quantitative estimate of drug-likeness (QED) is 0.634. The Balaban J connectivity index is 2.31. The Hall–Kier alpha value is -0.410. The molecule has 3 heteroatoms. The van der Waals surface area contributed by atoms with Gasteiger partial charge in [0.2, 0.25) is 0 Å². The minimum atomic E-state index is -0.604. The molecule has 0 N–H and O–H groups in total. The van der Waals surface area contributed by atoms with E-state index in [9.17, 15) is 4.79 Å². The average Bonchev–Trinajstić information content (AvgIpc) is 2.23. The van der Waals surface area contributed by atoms with E-state index in [1.807, 2.05) is 0 Å². The van der Waals surface area contributed by atoms with Gasteiger partial charge in [0.15, 0.2) is 5.79 Å². The fourth-order valence-electron chi connectivity index (χ4n) is 3.18. The topological polar surface area (TPSA) is 35.5 Å². The van der Waals surface area contributed by atoms with Crippen molar-refractivity contribution in [2.75, 3.05) is 14.2 Å². The molecule has 2 saturated carbocycles. The first-order valence-corrected chi connectivity index (χ1v) is 5.37. The van der Waals surface area contributed by atoms with Crippen molar-refractivity contribution in [2.24, 2.45) is 11.8 Å². The van der Waals surface area contributed by atoms with Crippen LogP contribution < -0.4 is 0 Å². The molecule has 2 unspecified atom stereocenters. The summed E-state index contributed by atoms with van der Waals surface area (Å²) in [5, 5.41) is 0. The van der Waals surface area contributed by atoms with Gasteiger partial charge in [-0.3, -0.25) is 4.79 Å². The van der Waals surface area contributed by atoms with Gasteiger partial charge in [-0.2, -0.15) is 0 Å². The summed E-state index contributed by atoms with van der Waals surface area (Å²) in [5.41, 5.74) is 0. The fourth-order valence-corrected chi connectivity index (χ4v) is 3.18. The van der Waals surface area contributed by atoms with Crippen LogP contribution in [0.15, 0.2) is 0 Å². The van der Waals surface area contributed by atoms with Crippen LogP contribution >= 0.6 is 0 Å². The summed E-state index contributed by atoms with van der Waals surface area (Å²) in [7, 11) is 3.32. The highest BCUT2D eigenvalue weighted by molar-refractivity contribution is 5.83. The Kier molecular flexibility index (Phi) is 2.62. The van der Waals surface area contributed by atoms with E-state index in [1.54, 1.807) is 14.2 Å². The molecule has 0 aromatic carbocycles. The zero-order chi connectivity index (χ0) is 10.2. The molecule has 0 aromatic rings. The second-order valence-corrected chi connectivity index (χ2v) is 4.32. The summed E-state index contributed by atoms with van der Waals surface area (Å²) in [6, 6.07) is 0. The number of hydrogen-bond donors (Lipinski definition) is 0. The highest BCUT2D eigenvalue weighted by Crippen LogP contribution is 2.47. The van der Waals surface area contributed by atoms with Crippen molar-refractivity contribution in [1.29, 1.82) is 0 Å². The first kappa shape index (κ1) is 10.1. The van der Waals surface area contributed by atoms with Crippen molar-refractivity contribution in [3.8, 4) is 0 Å². The van der Waals surface area contributed by atoms with Crippen LogP contribution in [0.5, 0.6) is 0 Å². The minimum Gasteiger partial charge on any atom is -0.352 e. The molecule has 14 heavy (non-hydrogen) atoms. The molecule has 0 radical (unpaired) electrons. The van der Waals surface area contributed by atoms with Crippen LogP contribution in [0.25, 0.3) is 0 Å². The monoisotopic (exact) mass is 198 g/mol. The second kappa shape index (κ2) is 3.63. The van der Waals surface area contributed by atoms with Crippen molar-refractivity contribution in [2.45, 2.75) is 37.9 Å². The van der Waals surface area contributed by atoms with Crippen LogP contribution in [0, 0.1) is 11.8 Å². The Bertz CT molecular complexity index is 233. The molecule has 2 atom stereocenters. The predicted molar refractivity (Wildman–Crippen MR) is 51.8 cm³/mol. The molecule has 0 spiro atoms. The van der Waals surface area contributed by atoms with E-state index in [0.29, 0.717) is 18.1 Å². The molecule has 0 saturated heterocycles. The van der Waals surface area contributed by atoms with Crippen LogP contribution in [-0.4, -0.2) is 25.8 Å². The molecule has 2 fully saturated rings. The van der Waals surface area contributed by atoms with E-state index in [-0.39, 0.29) is 5.92 Å². The van der Waals surface area contributed by atoms with Gasteiger partial charge in [0.25, 0.3) is 0 Å². The average molecular weight is 198 g/mol. The smallest absolute Gasteiger partial charge is 0.180 e. The third-order valence-corrected chi connectivity index (χ3v) is 3.87. The lowest BCUT2D eigenvalue weighted by molar-refractivity contribution is -0.285. The van der Waals surface area contributed by atoms with Gasteiger partial charge in [0.1, 0.15) is 5.78 Å². The Morgan fingerprint density at radius 3 is 2.50 bits per heavy atom. The van der Waals surface area contributed by atoms with Gasteiger partial charge in [-0.05, 0) is 19.3 Å². The van der Waals surface area contributed by atoms with Gasteiger partial charge < -0.3 is 9.47 Å². The van der Waals surface area contributed by atoms with E-state index < -0.39 is 5.79 Å². The summed E-state index contributed by atoms with van der Waals surface area (Å²) in [6.45, 7) is 0. The molecular formula is C11H18O3. The number of methoxy groups -OCH3 is 2. The molecular weight excluding hydrogens is 180 g/mol. The van der Waals surface area contributed by atoms with Crippen LogP contribution in [0.1, 0.15) is 32.1 Å². The van der Waals surface area contributed by atoms with Gasteiger partial charge in [0, 0.05) is 26.6 Å². The molecule has 0 heterocycles. The lowest BCUT2D eigenvalue weighted by Crippen LogP contribution is -2.56. The molecule has 2 bridgehead atoms. The number of hydrogen-bond acceptors (Lipinski definition) is 3. The van der Waals surface area contributed by atoms with E-state index in [4.69, 9.17) is 9.47 Å². The molecule has 2 aliphatic rings. The predicted octanol–water partition coefficient (Wildman–Crippen LogP) is 1.75. The van der Waals surface area contributed by atoms with Crippen molar-refractivity contribution in [3.63, 3.8) is 0 Å². The largest absolute Gasteiger partial charge is 0.352 e. The summed E-state index contributed by atoms with van der Waals surface area (Å²) in [6.07, 6.45) is 4.83. The van der Waals surface area contributed by atoms with E-state index >= 15 is 0 Å². The van der Waals surface area contributed by atoms with Crippen molar-refractivity contribution in [3.05, 3.63) is 0 Å². The summed E-state index contributed by atoms with van der Waals surface area (Å²) >= 11 is 0. The molecule has 3 nitrogen and oxygen atoms in total. The van der Waals surface area contributed by atoms with Crippen molar-refractivity contribution >= 4 is 5.78 Å². The maximum absolute atomic E-state index is 11.8. The third-order valence-electron chi connectivity index (χ3n) is 3.87. The highest BCUT2D eigenvalue weighted by atomic mass is 16.7. The first-order chi connectivity index (χ1) is 6.74. The van der Waals surface area contributed by atoms with Crippen LogP contribution in [0.4, 0.5) is 0 Å². The number of ether oxygens (including phenoxy) is 2. The maximum Gasteiger partial charge on any atom is 0.180 e. The minimum absolute atomic E-state index is 0.0231. The molecule has 80 valence electrons. The normalized spacial score (nSPS) is 35.7. The van der Waals surface area contributed by atoms with Gasteiger partial charge in [-0.1, -0.05) is 6.42 Å². The number of fused-ring (bicyclic) bond motifs is 2. The van der Waals surface area contributed by atoms with Crippen LogP contribution in [0.3, 0.4) is 0 Å². The molecule has 2 aliphatic carbocycles. The van der Waals surface area contributed by atoms with Crippen LogP contribution in [-0.2, 0) is 14.3 Å². The van der Waals surface area contributed by atoms with Crippen LogP contribution in [0.2, 0.25) is 0 Å². The maximum atomic E-state index is 11.8.